The molecule has 5 nitrogen and oxygen atoms in total. The standard InChI is InChI=1S/C20H17FN4O/c21-17-8-4-7-16(12-17)18(11-15-5-2-1-3-6-15)20-23-19(24-26-20)13-25-10-9-22-14-25/h1-10,12,14,18H,11,13H2. The van der Waals surface area contributed by atoms with Gasteiger partial charge in [-0.15, -0.1) is 0 Å². The first-order chi connectivity index (χ1) is 12.8. The predicted octanol–water partition coefficient (Wildman–Crippen LogP) is 3.83. The molecule has 0 saturated heterocycles. The Labute approximate surface area is 150 Å². The molecule has 130 valence electrons. The lowest BCUT2D eigenvalue weighted by molar-refractivity contribution is 0.359. The Morgan fingerprint density at radius 3 is 2.73 bits per heavy atom. The van der Waals surface area contributed by atoms with Crippen LogP contribution in [0, 0.1) is 5.82 Å². The van der Waals surface area contributed by atoms with E-state index in [1.54, 1.807) is 18.6 Å². The molecule has 0 fully saturated rings. The maximum atomic E-state index is 13.8. The zero-order valence-electron chi connectivity index (χ0n) is 14.0. The van der Waals surface area contributed by atoms with E-state index in [4.69, 9.17) is 4.52 Å². The van der Waals surface area contributed by atoms with Gasteiger partial charge < -0.3 is 9.09 Å². The largest absolute Gasteiger partial charge is 0.339 e. The van der Waals surface area contributed by atoms with Crippen LogP contribution in [-0.4, -0.2) is 19.7 Å². The molecule has 0 bridgehead atoms. The van der Waals surface area contributed by atoms with Crippen LogP contribution in [0.3, 0.4) is 0 Å². The molecule has 2 heterocycles. The molecule has 0 aliphatic rings. The van der Waals surface area contributed by atoms with E-state index in [-0.39, 0.29) is 11.7 Å². The van der Waals surface area contributed by atoms with E-state index in [1.807, 2.05) is 47.2 Å². The molecule has 0 aliphatic carbocycles. The van der Waals surface area contributed by atoms with Gasteiger partial charge in [-0.3, -0.25) is 0 Å². The minimum atomic E-state index is -0.279. The molecule has 2 aromatic carbocycles. The van der Waals surface area contributed by atoms with Gasteiger partial charge in [0.15, 0.2) is 5.82 Å². The van der Waals surface area contributed by atoms with Crippen molar-refractivity contribution in [2.75, 3.05) is 0 Å². The second kappa shape index (κ2) is 7.31. The van der Waals surface area contributed by atoms with Crippen molar-refractivity contribution in [2.24, 2.45) is 0 Å². The molecule has 1 unspecified atom stereocenters. The van der Waals surface area contributed by atoms with Crippen molar-refractivity contribution < 1.29 is 8.91 Å². The molecule has 0 N–H and O–H groups in total. The highest BCUT2D eigenvalue weighted by atomic mass is 19.1. The normalized spacial score (nSPS) is 12.2. The van der Waals surface area contributed by atoms with Crippen molar-refractivity contribution in [1.82, 2.24) is 19.7 Å². The molecule has 2 aromatic heterocycles. The van der Waals surface area contributed by atoms with Crippen LogP contribution in [0.2, 0.25) is 0 Å². The third-order valence-electron chi connectivity index (χ3n) is 4.20. The Morgan fingerprint density at radius 1 is 1.08 bits per heavy atom. The van der Waals surface area contributed by atoms with Crippen LogP contribution >= 0.6 is 0 Å². The van der Waals surface area contributed by atoms with Crippen molar-refractivity contribution in [3.8, 4) is 0 Å². The third-order valence-corrected chi connectivity index (χ3v) is 4.20. The van der Waals surface area contributed by atoms with Crippen LogP contribution in [0.4, 0.5) is 4.39 Å². The number of halogens is 1. The van der Waals surface area contributed by atoms with Gasteiger partial charge in [0, 0.05) is 12.4 Å². The number of rotatable bonds is 6. The molecule has 0 aliphatic heterocycles. The maximum absolute atomic E-state index is 13.8. The molecule has 0 spiro atoms. The van der Waals surface area contributed by atoms with Gasteiger partial charge >= 0.3 is 0 Å². The molecular weight excluding hydrogens is 331 g/mol. The summed E-state index contributed by atoms with van der Waals surface area (Å²) >= 11 is 0. The summed E-state index contributed by atoms with van der Waals surface area (Å²) in [6.07, 6.45) is 5.89. The lowest BCUT2D eigenvalue weighted by Gasteiger charge is -2.13. The molecule has 4 rings (SSSR count). The van der Waals surface area contributed by atoms with Crippen molar-refractivity contribution >= 4 is 0 Å². The minimum absolute atomic E-state index is 0.211. The second-order valence-corrected chi connectivity index (χ2v) is 6.08. The van der Waals surface area contributed by atoms with Gasteiger partial charge in [0.2, 0.25) is 5.89 Å². The Bertz CT molecular complexity index is 966. The molecule has 0 amide bonds. The first-order valence-corrected chi connectivity index (χ1v) is 8.35. The summed E-state index contributed by atoms with van der Waals surface area (Å²) < 4.78 is 21.2. The van der Waals surface area contributed by atoms with Crippen LogP contribution in [0.1, 0.15) is 28.8 Å². The fraction of sp³-hybridized carbons (Fsp3) is 0.150. The average molecular weight is 348 g/mol. The van der Waals surface area contributed by atoms with E-state index >= 15 is 0 Å². The fourth-order valence-electron chi connectivity index (χ4n) is 2.94. The number of benzene rings is 2. The van der Waals surface area contributed by atoms with E-state index in [1.165, 1.54) is 12.1 Å². The first kappa shape index (κ1) is 16.2. The smallest absolute Gasteiger partial charge is 0.234 e. The monoisotopic (exact) mass is 348 g/mol. The van der Waals surface area contributed by atoms with Crippen LogP contribution in [0.25, 0.3) is 0 Å². The lowest BCUT2D eigenvalue weighted by atomic mass is 9.92. The van der Waals surface area contributed by atoms with Gasteiger partial charge in [0.05, 0.1) is 18.8 Å². The van der Waals surface area contributed by atoms with Gasteiger partial charge in [0.1, 0.15) is 5.82 Å². The van der Waals surface area contributed by atoms with Crippen molar-refractivity contribution in [3.63, 3.8) is 0 Å². The zero-order valence-corrected chi connectivity index (χ0v) is 14.0. The van der Waals surface area contributed by atoms with E-state index in [2.05, 4.69) is 15.1 Å². The second-order valence-electron chi connectivity index (χ2n) is 6.08. The SMILES string of the molecule is Fc1cccc(C(Cc2ccccc2)c2nc(Cn3ccnc3)no2)c1. The number of hydrogen-bond donors (Lipinski definition) is 0. The molecular formula is C20H17FN4O. The van der Waals surface area contributed by atoms with Crippen LogP contribution in [-0.2, 0) is 13.0 Å². The summed E-state index contributed by atoms with van der Waals surface area (Å²) in [5, 5.41) is 4.07. The van der Waals surface area contributed by atoms with Crippen LogP contribution in [0.15, 0.2) is 77.8 Å². The minimum Gasteiger partial charge on any atom is -0.339 e. The first-order valence-electron chi connectivity index (χ1n) is 8.35. The number of imidazole rings is 1. The lowest BCUT2D eigenvalue weighted by Crippen LogP contribution is -2.07. The van der Waals surface area contributed by atoms with E-state index < -0.39 is 0 Å². The maximum Gasteiger partial charge on any atom is 0.234 e. The average Bonchev–Trinajstić information content (AvgIpc) is 3.33. The summed E-state index contributed by atoms with van der Waals surface area (Å²) in [5.41, 5.74) is 1.93. The third kappa shape index (κ3) is 3.69. The van der Waals surface area contributed by atoms with Gasteiger partial charge in [0.25, 0.3) is 0 Å². The molecule has 0 saturated carbocycles. The highest BCUT2D eigenvalue weighted by Crippen LogP contribution is 2.28. The molecule has 4 aromatic rings. The Kier molecular flexibility index (Phi) is 4.55. The molecule has 1 atom stereocenters. The van der Waals surface area contributed by atoms with E-state index in [0.717, 1.165) is 11.1 Å². The highest BCUT2D eigenvalue weighted by molar-refractivity contribution is 5.29. The van der Waals surface area contributed by atoms with Gasteiger partial charge in [-0.25, -0.2) is 9.37 Å². The zero-order chi connectivity index (χ0) is 17.8. The van der Waals surface area contributed by atoms with Crippen molar-refractivity contribution in [3.05, 3.63) is 102 Å². The Balaban J connectivity index is 1.65. The summed E-state index contributed by atoms with van der Waals surface area (Å²) in [6, 6.07) is 16.5. The molecule has 26 heavy (non-hydrogen) atoms. The number of hydrogen-bond acceptors (Lipinski definition) is 4. The Hall–Kier alpha value is -3.28. The molecule has 6 heteroatoms. The molecule has 0 radical (unpaired) electrons. The van der Waals surface area contributed by atoms with Crippen molar-refractivity contribution in [2.45, 2.75) is 18.9 Å². The summed E-state index contributed by atoms with van der Waals surface area (Å²) in [5.74, 6) is 0.554. The quantitative estimate of drug-likeness (QED) is 0.531. The topological polar surface area (TPSA) is 56.7 Å². The summed E-state index contributed by atoms with van der Waals surface area (Å²) in [4.78, 5) is 8.55. The van der Waals surface area contributed by atoms with Gasteiger partial charge in [-0.1, -0.05) is 47.6 Å². The van der Waals surface area contributed by atoms with Crippen LogP contribution in [0.5, 0.6) is 0 Å². The van der Waals surface area contributed by atoms with Crippen LogP contribution < -0.4 is 0 Å². The van der Waals surface area contributed by atoms with E-state index in [9.17, 15) is 4.39 Å². The van der Waals surface area contributed by atoms with Gasteiger partial charge in [-0.05, 0) is 29.7 Å². The number of aromatic nitrogens is 4. The van der Waals surface area contributed by atoms with E-state index in [0.29, 0.717) is 24.7 Å². The summed E-state index contributed by atoms with van der Waals surface area (Å²) in [6.45, 7) is 0.477. The number of nitrogens with zero attached hydrogens (tertiary/aromatic N) is 4. The predicted molar refractivity (Wildman–Crippen MR) is 94.0 cm³/mol. The van der Waals surface area contributed by atoms with Gasteiger partial charge in [-0.2, -0.15) is 4.98 Å². The van der Waals surface area contributed by atoms with Crippen molar-refractivity contribution in [1.29, 1.82) is 0 Å². The summed E-state index contributed by atoms with van der Waals surface area (Å²) in [7, 11) is 0. The highest BCUT2D eigenvalue weighted by Gasteiger charge is 2.22. The fourth-order valence-corrected chi connectivity index (χ4v) is 2.94. The Morgan fingerprint density at radius 2 is 1.96 bits per heavy atom.